The summed E-state index contributed by atoms with van der Waals surface area (Å²) in [5, 5.41) is 10.5. The van der Waals surface area contributed by atoms with Crippen LogP contribution in [0.4, 0.5) is 5.95 Å². The number of nitrogens with one attached hydrogen (secondary N) is 1. The lowest BCUT2D eigenvalue weighted by molar-refractivity contribution is 0.584. The summed E-state index contributed by atoms with van der Waals surface area (Å²) in [4.78, 5) is 8.64. The van der Waals surface area contributed by atoms with Crippen LogP contribution >= 0.6 is 23.1 Å². The molecule has 0 radical (unpaired) electrons. The highest BCUT2D eigenvalue weighted by molar-refractivity contribution is 7.98. The number of thioether (sulfide) groups is 1. The molecule has 0 saturated heterocycles. The van der Waals surface area contributed by atoms with Crippen molar-refractivity contribution in [1.82, 2.24) is 20.2 Å². The molecule has 2 heterocycles. The molecule has 0 fully saturated rings. The van der Waals surface area contributed by atoms with Crippen molar-refractivity contribution in [2.45, 2.75) is 37.1 Å². The molecule has 92 valence electrons. The van der Waals surface area contributed by atoms with Gasteiger partial charge in [-0.05, 0) is 0 Å². The zero-order valence-corrected chi connectivity index (χ0v) is 11.7. The second-order valence-electron chi connectivity index (χ2n) is 4.69. The van der Waals surface area contributed by atoms with E-state index < -0.39 is 0 Å². The van der Waals surface area contributed by atoms with Crippen LogP contribution in [0, 0.1) is 0 Å². The number of anilines is 1. The summed E-state index contributed by atoms with van der Waals surface area (Å²) in [6, 6.07) is 0. The Morgan fingerprint density at radius 2 is 2.18 bits per heavy atom. The number of nitrogen functional groups attached to an aromatic ring is 1. The van der Waals surface area contributed by atoms with E-state index in [0.717, 1.165) is 16.5 Å². The molecule has 0 amide bonds. The maximum atomic E-state index is 5.45. The van der Waals surface area contributed by atoms with Gasteiger partial charge in [0.25, 0.3) is 0 Å². The number of aromatic nitrogens is 4. The number of hydrogen-bond donors (Lipinski definition) is 2. The molecular weight excluding hydrogens is 254 g/mol. The molecule has 0 bridgehead atoms. The van der Waals surface area contributed by atoms with Crippen molar-refractivity contribution in [2.75, 3.05) is 5.73 Å². The highest BCUT2D eigenvalue weighted by Crippen LogP contribution is 2.27. The molecule has 2 aromatic rings. The fraction of sp³-hybridized carbons (Fsp3) is 0.500. The van der Waals surface area contributed by atoms with E-state index in [9.17, 15) is 0 Å². The van der Waals surface area contributed by atoms with Crippen LogP contribution in [0.2, 0.25) is 0 Å². The lowest BCUT2D eigenvalue weighted by Crippen LogP contribution is -2.10. The van der Waals surface area contributed by atoms with Gasteiger partial charge in [0.2, 0.25) is 11.1 Å². The average Bonchev–Trinajstić information content (AvgIpc) is 2.82. The van der Waals surface area contributed by atoms with E-state index in [4.69, 9.17) is 5.73 Å². The Labute approximate surface area is 108 Å². The van der Waals surface area contributed by atoms with Crippen molar-refractivity contribution in [3.05, 3.63) is 16.1 Å². The molecule has 0 aromatic carbocycles. The topological polar surface area (TPSA) is 80.5 Å². The minimum absolute atomic E-state index is 0.114. The average molecular weight is 269 g/mol. The molecule has 0 spiro atoms. The lowest BCUT2D eigenvalue weighted by Gasteiger charge is -2.13. The fourth-order valence-electron chi connectivity index (χ4n) is 1.18. The smallest absolute Gasteiger partial charge is 0.216 e. The molecule has 3 N–H and O–H groups in total. The summed E-state index contributed by atoms with van der Waals surface area (Å²) >= 11 is 3.23. The van der Waals surface area contributed by atoms with Crippen molar-refractivity contribution >= 4 is 29.0 Å². The van der Waals surface area contributed by atoms with E-state index in [2.05, 4.69) is 46.3 Å². The number of rotatable bonds is 3. The second-order valence-corrected chi connectivity index (χ2v) is 6.49. The number of nitrogens with two attached hydrogens (primary N) is 1. The zero-order valence-electron chi connectivity index (χ0n) is 10.0. The first-order valence-corrected chi connectivity index (χ1v) is 7.07. The Hall–Kier alpha value is -1.08. The van der Waals surface area contributed by atoms with Gasteiger partial charge in [0.15, 0.2) is 0 Å². The summed E-state index contributed by atoms with van der Waals surface area (Å²) in [6.45, 7) is 6.50. The van der Waals surface area contributed by atoms with Gasteiger partial charge in [0.05, 0.1) is 10.7 Å². The van der Waals surface area contributed by atoms with Gasteiger partial charge in [-0.3, -0.25) is 0 Å². The van der Waals surface area contributed by atoms with Crippen molar-refractivity contribution in [1.29, 1.82) is 0 Å². The summed E-state index contributed by atoms with van der Waals surface area (Å²) < 4.78 is 0. The largest absolute Gasteiger partial charge is 0.368 e. The molecule has 2 aromatic heterocycles. The highest BCUT2D eigenvalue weighted by atomic mass is 32.2. The predicted molar refractivity (Wildman–Crippen MR) is 71.2 cm³/mol. The van der Waals surface area contributed by atoms with Crippen LogP contribution in [-0.2, 0) is 11.2 Å². The van der Waals surface area contributed by atoms with Crippen molar-refractivity contribution < 1.29 is 0 Å². The molecule has 0 aliphatic carbocycles. The van der Waals surface area contributed by atoms with E-state index in [0.29, 0.717) is 11.1 Å². The zero-order chi connectivity index (χ0) is 12.5. The standard InChI is InChI=1S/C10H15N5S2/c1-10(2,3)7-12-6(4-16-7)5-17-9-13-8(11)14-15-9/h4H,5H2,1-3H3,(H3,11,13,14,15). The molecule has 0 saturated carbocycles. The Morgan fingerprint density at radius 3 is 2.71 bits per heavy atom. The monoisotopic (exact) mass is 269 g/mol. The van der Waals surface area contributed by atoms with Gasteiger partial charge in [-0.2, -0.15) is 4.98 Å². The van der Waals surface area contributed by atoms with Crippen LogP contribution in [0.5, 0.6) is 0 Å². The van der Waals surface area contributed by atoms with Crippen LogP contribution in [0.1, 0.15) is 31.5 Å². The van der Waals surface area contributed by atoms with Crippen molar-refractivity contribution in [3.8, 4) is 0 Å². The Balaban J connectivity index is 1.98. The Kier molecular flexibility index (Phi) is 3.39. The van der Waals surface area contributed by atoms with Crippen LogP contribution in [0.3, 0.4) is 0 Å². The normalized spacial score (nSPS) is 11.9. The third-order valence-electron chi connectivity index (χ3n) is 2.02. The van der Waals surface area contributed by atoms with Gasteiger partial charge < -0.3 is 5.73 Å². The van der Waals surface area contributed by atoms with Gasteiger partial charge in [-0.25, -0.2) is 10.1 Å². The van der Waals surface area contributed by atoms with E-state index in [1.54, 1.807) is 11.3 Å². The predicted octanol–water partition coefficient (Wildman–Crippen LogP) is 2.43. The summed E-state index contributed by atoms with van der Waals surface area (Å²) in [6.07, 6.45) is 0. The number of hydrogen-bond acceptors (Lipinski definition) is 6. The van der Waals surface area contributed by atoms with Crippen molar-refractivity contribution in [3.63, 3.8) is 0 Å². The Bertz CT molecular complexity index is 497. The quantitative estimate of drug-likeness (QED) is 0.836. The number of thiazole rings is 1. The van der Waals surface area contributed by atoms with E-state index in [1.165, 1.54) is 11.8 Å². The van der Waals surface area contributed by atoms with E-state index >= 15 is 0 Å². The number of H-pyrrole nitrogens is 1. The first-order chi connectivity index (χ1) is 7.95. The highest BCUT2D eigenvalue weighted by Gasteiger charge is 2.18. The van der Waals surface area contributed by atoms with Gasteiger partial charge in [-0.1, -0.05) is 32.5 Å². The fourth-order valence-corrected chi connectivity index (χ4v) is 2.89. The van der Waals surface area contributed by atoms with Crippen LogP contribution in [0.25, 0.3) is 0 Å². The molecule has 5 nitrogen and oxygen atoms in total. The van der Waals surface area contributed by atoms with Gasteiger partial charge in [0.1, 0.15) is 0 Å². The lowest BCUT2D eigenvalue weighted by atomic mass is 9.98. The molecule has 0 unspecified atom stereocenters. The van der Waals surface area contributed by atoms with Crippen LogP contribution < -0.4 is 5.73 Å². The molecule has 0 atom stereocenters. The maximum absolute atomic E-state index is 5.45. The molecule has 17 heavy (non-hydrogen) atoms. The molecule has 7 heteroatoms. The number of aromatic amines is 1. The maximum Gasteiger partial charge on any atom is 0.216 e. The SMILES string of the molecule is CC(C)(C)c1nc(CSc2n[nH]c(N)n2)cs1. The first kappa shape index (κ1) is 12.4. The second kappa shape index (κ2) is 4.66. The minimum atomic E-state index is 0.114. The van der Waals surface area contributed by atoms with Crippen LogP contribution in [0.15, 0.2) is 10.5 Å². The van der Waals surface area contributed by atoms with E-state index in [1.807, 2.05) is 0 Å². The molecule has 0 aliphatic heterocycles. The molecule has 0 aliphatic rings. The summed E-state index contributed by atoms with van der Waals surface area (Å²) in [7, 11) is 0. The van der Waals surface area contributed by atoms with Crippen molar-refractivity contribution in [2.24, 2.45) is 0 Å². The number of nitrogens with zero attached hydrogens (tertiary/aromatic N) is 3. The summed E-state index contributed by atoms with van der Waals surface area (Å²) in [5.74, 6) is 1.12. The van der Waals surface area contributed by atoms with Crippen LogP contribution in [-0.4, -0.2) is 20.2 Å². The Morgan fingerprint density at radius 1 is 1.41 bits per heavy atom. The van der Waals surface area contributed by atoms with Gasteiger partial charge in [0, 0.05) is 16.5 Å². The molecular formula is C10H15N5S2. The van der Waals surface area contributed by atoms with Gasteiger partial charge >= 0.3 is 0 Å². The van der Waals surface area contributed by atoms with E-state index in [-0.39, 0.29) is 5.41 Å². The van der Waals surface area contributed by atoms with Gasteiger partial charge in [-0.15, -0.1) is 16.4 Å². The first-order valence-electron chi connectivity index (χ1n) is 5.21. The molecule has 2 rings (SSSR count). The third-order valence-corrected chi connectivity index (χ3v) is 4.22. The minimum Gasteiger partial charge on any atom is -0.368 e. The third kappa shape index (κ3) is 3.19. The summed E-state index contributed by atoms with van der Waals surface area (Å²) in [5.41, 5.74) is 6.63.